The van der Waals surface area contributed by atoms with Gasteiger partial charge in [-0.05, 0) is 38.1 Å². The zero-order valence-electron chi connectivity index (χ0n) is 15.6. The zero-order valence-corrected chi connectivity index (χ0v) is 15.6. The molecule has 3 heterocycles. The predicted octanol–water partition coefficient (Wildman–Crippen LogP) is 2.54. The molecule has 2 aromatic heterocycles. The van der Waals surface area contributed by atoms with Crippen LogP contribution in [-0.4, -0.2) is 34.3 Å². The molecule has 27 heavy (non-hydrogen) atoms. The highest BCUT2D eigenvalue weighted by Gasteiger charge is 2.44. The Morgan fingerprint density at radius 2 is 2.15 bits per heavy atom. The number of nitrogens with two attached hydrogens (primary N) is 1. The molecule has 4 rings (SSSR count). The molecule has 0 bridgehead atoms. The third-order valence-corrected chi connectivity index (χ3v) is 4.63. The first-order chi connectivity index (χ1) is 13.1. The molecule has 1 aliphatic heterocycles. The Hall–Kier alpha value is -2.84. The minimum Gasteiger partial charge on any atom is -0.492 e. The second-order valence-corrected chi connectivity index (χ2v) is 6.55. The van der Waals surface area contributed by atoms with Crippen LogP contribution in [0.3, 0.4) is 0 Å². The molecule has 3 aromatic rings. The second kappa shape index (κ2) is 7.05. The minimum atomic E-state index is -0.114. The lowest BCUT2D eigenvalue weighted by Gasteiger charge is -2.13. The summed E-state index contributed by atoms with van der Waals surface area (Å²) in [6, 6.07) is 7.90. The van der Waals surface area contributed by atoms with E-state index in [1.165, 1.54) is 0 Å². The van der Waals surface area contributed by atoms with Crippen molar-refractivity contribution in [3.63, 3.8) is 0 Å². The monoisotopic (exact) mass is 369 g/mol. The van der Waals surface area contributed by atoms with Gasteiger partial charge in [0.25, 0.3) is 0 Å². The van der Waals surface area contributed by atoms with Crippen LogP contribution in [0.15, 0.2) is 35.0 Å². The van der Waals surface area contributed by atoms with Crippen LogP contribution in [-0.2, 0) is 11.8 Å². The number of benzene rings is 1. The van der Waals surface area contributed by atoms with E-state index >= 15 is 0 Å². The maximum absolute atomic E-state index is 5.81. The second-order valence-electron chi connectivity index (χ2n) is 6.55. The van der Waals surface area contributed by atoms with Crippen LogP contribution >= 0.6 is 0 Å². The number of ether oxygens (including phenoxy) is 2. The molecule has 1 saturated heterocycles. The smallest absolute Gasteiger partial charge is 0.159 e. The SMILES string of the molecule is Cc1noc(C)c1C1OC1Nc1ccc(OCCN)c(-c2ccnn2C)c1. The maximum atomic E-state index is 5.81. The van der Waals surface area contributed by atoms with E-state index in [4.69, 9.17) is 19.7 Å². The van der Waals surface area contributed by atoms with E-state index in [1.807, 2.05) is 49.8 Å². The van der Waals surface area contributed by atoms with Crippen LogP contribution < -0.4 is 15.8 Å². The van der Waals surface area contributed by atoms with Gasteiger partial charge in [0, 0.05) is 31.0 Å². The molecule has 142 valence electrons. The van der Waals surface area contributed by atoms with Crippen LogP contribution in [0.1, 0.15) is 23.1 Å². The van der Waals surface area contributed by atoms with Gasteiger partial charge in [0.1, 0.15) is 24.2 Å². The maximum Gasteiger partial charge on any atom is 0.159 e. The van der Waals surface area contributed by atoms with Crippen molar-refractivity contribution in [3.8, 4) is 17.0 Å². The normalized spacial score (nSPS) is 18.5. The van der Waals surface area contributed by atoms with E-state index in [0.717, 1.165) is 39.7 Å². The topological polar surface area (TPSA) is 104 Å². The molecule has 8 nitrogen and oxygen atoms in total. The number of hydrogen-bond donors (Lipinski definition) is 2. The Balaban J connectivity index is 1.57. The van der Waals surface area contributed by atoms with Crippen molar-refractivity contribution in [2.45, 2.75) is 26.2 Å². The molecule has 1 aromatic carbocycles. The fraction of sp³-hybridized carbons (Fsp3) is 0.368. The van der Waals surface area contributed by atoms with Gasteiger partial charge in [-0.2, -0.15) is 5.10 Å². The fourth-order valence-electron chi connectivity index (χ4n) is 3.26. The number of rotatable bonds is 7. The molecule has 2 atom stereocenters. The number of nitrogens with zero attached hydrogens (tertiary/aromatic N) is 3. The van der Waals surface area contributed by atoms with Crippen LogP contribution in [0.2, 0.25) is 0 Å². The van der Waals surface area contributed by atoms with Crippen LogP contribution in [0.4, 0.5) is 5.69 Å². The van der Waals surface area contributed by atoms with E-state index in [-0.39, 0.29) is 12.3 Å². The van der Waals surface area contributed by atoms with Crippen molar-refractivity contribution in [2.75, 3.05) is 18.5 Å². The lowest BCUT2D eigenvalue weighted by Crippen LogP contribution is -2.11. The van der Waals surface area contributed by atoms with E-state index in [2.05, 4.69) is 15.6 Å². The van der Waals surface area contributed by atoms with E-state index in [0.29, 0.717) is 13.2 Å². The average molecular weight is 369 g/mol. The van der Waals surface area contributed by atoms with Crippen molar-refractivity contribution >= 4 is 5.69 Å². The Morgan fingerprint density at radius 3 is 2.81 bits per heavy atom. The van der Waals surface area contributed by atoms with Gasteiger partial charge in [0.05, 0.1) is 17.0 Å². The predicted molar refractivity (Wildman–Crippen MR) is 100 cm³/mol. The highest BCUT2D eigenvalue weighted by Crippen LogP contribution is 2.43. The van der Waals surface area contributed by atoms with E-state index in [1.54, 1.807) is 6.20 Å². The van der Waals surface area contributed by atoms with Crippen LogP contribution in [0, 0.1) is 13.8 Å². The lowest BCUT2D eigenvalue weighted by atomic mass is 10.1. The Kier molecular flexibility index (Phi) is 4.59. The summed E-state index contributed by atoms with van der Waals surface area (Å²) < 4.78 is 18.7. The van der Waals surface area contributed by atoms with Gasteiger partial charge in [0.15, 0.2) is 6.23 Å². The molecular formula is C19H23N5O3. The van der Waals surface area contributed by atoms with Gasteiger partial charge in [-0.15, -0.1) is 0 Å². The Morgan fingerprint density at radius 1 is 1.30 bits per heavy atom. The summed E-state index contributed by atoms with van der Waals surface area (Å²) in [5.41, 5.74) is 10.3. The highest BCUT2D eigenvalue weighted by molar-refractivity contribution is 5.72. The van der Waals surface area contributed by atoms with Crippen LogP contribution in [0.25, 0.3) is 11.3 Å². The van der Waals surface area contributed by atoms with Crippen LogP contribution in [0.5, 0.6) is 5.75 Å². The Labute approximate surface area is 157 Å². The number of nitrogens with one attached hydrogen (secondary N) is 1. The van der Waals surface area contributed by atoms with Gasteiger partial charge < -0.3 is 25.0 Å². The summed E-state index contributed by atoms with van der Waals surface area (Å²) in [6.45, 7) is 4.74. The molecule has 1 aliphatic rings. The van der Waals surface area contributed by atoms with Gasteiger partial charge in [-0.1, -0.05) is 5.16 Å². The molecule has 0 radical (unpaired) electrons. The standard InChI is InChI=1S/C19H23N5O3/c1-11-17(12(2)27-23-11)18-19(26-18)22-13-4-5-16(25-9-7-20)14(10-13)15-6-8-21-24(15)3/h4-6,8,10,18-19,22H,7,9,20H2,1-3H3. The number of hydrogen-bond acceptors (Lipinski definition) is 7. The first-order valence-electron chi connectivity index (χ1n) is 8.88. The average Bonchev–Trinajstić information content (AvgIpc) is 3.10. The molecule has 0 spiro atoms. The summed E-state index contributed by atoms with van der Waals surface area (Å²) in [5.74, 6) is 1.57. The molecule has 0 amide bonds. The summed E-state index contributed by atoms with van der Waals surface area (Å²) in [6.07, 6.45) is 1.60. The highest BCUT2D eigenvalue weighted by atomic mass is 16.6. The summed E-state index contributed by atoms with van der Waals surface area (Å²) in [4.78, 5) is 0. The van der Waals surface area contributed by atoms with Crippen molar-refractivity contribution in [3.05, 3.63) is 47.5 Å². The quantitative estimate of drug-likeness (QED) is 0.617. The zero-order chi connectivity index (χ0) is 19.0. The molecule has 1 fully saturated rings. The number of epoxide rings is 1. The number of aryl methyl sites for hydroxylation is 3. The van der Waals surface area contributed by atoms with E-state index in [9.17, 15) is 0 Å². The fourth-order valence-corrected chi connectivity index (χ4v) is 3.26. The number of anilines is 1. The first-order valence-corrected chi connectivity index (χ1v) is 8.88. The van der Waals surface area contributed by atoms with Gasteiger partial charge in [-0.25, -0.2) is 0 Å². The molecule has 3 N–H and O–H groups in total. The Bertz CT molecular complexity index is 929. The molecule has 8 heteroatoms. The van der Waals surface area contributed by atoms with Gasteiger partial charge in [-0.3, -0.25) is 4.68 Å². The summed E-state index contributed by atoms with van der Waals surface area (Å²) in [5, 5.41) is 11.7. The molecule has 0 aliphatic carbocycles. The van der Waals surface area contributed by atoms with E-state index < -0.39 is 0 Å². The first kappa shape index (κ1) is 17.6. The van der Waals surface area contributed by atoms with Crippen molar-refractivity contribution in [1.82, 2.24) is 14.9 Å². The molecular weight excluding hydrogens is 346 g/mol. The number of aromatic nitrogens is 3. The summed E-state index contributed by atoms with van der Waals surface area (Å²) >= 11 is 0. The molecule has 2 unspecified atom stereocenters. The third kappa shape index (κ3) is 3.41. The molecule has 0 saturated carbocycles. The minimum absolute atomic E-state index is 0.0513. The van der Waals surface area contributed by atoms with Crippen molar-refractivity contribution < 1.29 is 14.0 Å². The van der Waals surface area contributed by atoms with Gasteiger partial charge >= 0.3 is 0 Å². The van der Waals surface area contributed by atoms with Crippen molar-refractivity contribution in [1.29, 1.82) is 0 Å². The third-order valence-electron chi connectivity index (χ3n) is 4.63. The lowest BCUT2D eigenvalue weighted by molar-refractivity contribution is 0.329. The summed E-state index contributed by atoms with van der Waals surface area (Å²) in [7, 11) is 1.90. The largest absolute Gasteiger partial charge is 0.492 e. The van der Waals surface area contributed by atoms with Gasteiger partial charge in [0.2, 0.25) is 0 Å². The van der Waals surface area contributed by atoms with Crippen molar-refractivity contribution in [2.24, 2.45) is 12.8 Å².